The van der Waals surface area contributed by atoms with Crippen LogP contribution in [0.2, 0.25) is 0 Å². The summed E-state index contributed by atoms with van der Waals surface area (Å²) in [4.78, 5) is 12.0. The quantitative estimate of drug-likeness (QED) is 0.397. The fourth-order valence-corrected chi connectivity index (χ4v) is 2.24. The minimum Gasteiger partial charge on any atom is -0.449 e. The standard InChI is InChI=1S/C15H11IN4O2/c16-14-7-6-11(22-14)9-17-20-15(21)13-8-12(18-19-13)10-4-2-1-3-5-10/h1-9H,(H,18,19)(H,20,21)/b17-9+. The van der Waals surface area contributed by atoms with E-state index in [1.54, 1.807) is 12.1 Å². The molecule has 0 unspecified atom stereocenters. The van der Waals surface area contributed by atoms with Crippen LogP contribution in [-0.2, 0) is 0 Å². The molecule has 0 radical (unpaired) electrons. The van der Waals surface area contributed by atoms with Gasteiger partial charge in [0.05, 0.1) is 11.9 Å². The SMILES string of the molecule is O=C(N/N=C/c1ccc(I)o1)c1cc(-c2ccccc2)n[nH]1. The van der Waals surface area contributed by atoms with E-state index in [-0.39, 0.29) is 5.91 Å². The normalized spacial score (nSPS) is 11.0. The highest BCUT2D eigenvalue weighted by atomic mass is 127. The maximum absolute atomic E-state index is 12.0. The molecule has 3 rings (SSSR count). The summed E-state index contributed by atoms with van der Waals surface area (Å²) in [6, 6.07) is 14.9. The monoisotopic (exact) mass is 406 g/mol. The van der Waals surface area contributed by atoms with Gasteiger partial charge in [-0.1, -0.05) is 30.3 Å². The van der Waals surface area contributed by atoms with Crippen LogP contribution in [0.25, 0.3) is 11.3 Å². The highest BCUT2D eigenvalue weighted by Gasteiger charge is 2.10. The first-order valence-corrected chi connectivity index (χ1v) is 7.50. The van der Waals surface area contributed by atoms with Gasteiger partial charge in [0.1, 0.15) is 11.5 Å². The number of aromatic amines is 1. The van der Waals surface area contributed by atoms with Gasteiger partial charge in [-0.3, -0.25) is 9.89 Å². The zero-order valence-electron chi connectivity index (χ0n) is 11.3. The number of rotatable bonds is 4. The lowest BCUT2D eigenvalue weighted by Crippen LogP contribution is -2.17. The molecule has 0 saturated carbocycles. The van der Waals surface area contributed by atoms with E-state index in [2.05, 4.69) is 43.3 Å². The summed E-state index contributed by atoms with van der Waals surface area (Å²) in [6.07, 6.45) is 1.44. The number of furan rings is 1. The number of benzene rings is 1. The predicted molar refractivity (Wildman–Crippen MR) is 90.5 cm³/mol. The number of hydrazone groups is 1. The first-order valence-electron chi connectivity index (χ1n) is 6.42. The summed E-state index contributed by atoms with van der Waals surface area (Å²) in [7, 11) is 0. The van der Waals surface area contributed by atoms with E-state index in [1.165, 1.54) is 6.21 Å². The van der Waals surface area contributed by atoms with E-state index < -0.39 is 0 Å². The maximum Gasteiger partial charge on any atom is 0.289 e. The van der Waals surface area contributed by atoms with Crippen molar-refractivity contribution in [3.8, 4) is 11.3 Å². The van der Waals surface area contributed by atoms with Crippen LogP contribution in [0.4, 0.5) is 0 Å². The van der Waals surface area contributed by atoms with Crippen molar-refractivity contribution in [2.45, 2.75) is 0 Å². The van der Waals surface area contributed by atoms with Gasteiger partial charge in [-0.15, -0.1) is 0 Å². The van der Waals surface area contributed by atoms with Crippen molar-refractivity contribution in [1.29, 1.82) is 0 Å². The lowest BCUT2D eigenvalue weighted by Gasteiger charge is -1.94. The van der Waals surface area contributed by atoms with E-state index in [9.17, 15) is 4.79 Å². The Morgan fingerprint density at radius 3 is 2.82 bits per heavy atom. The Morgan fingerprint density at radius 1 is 1.27 bits per heavy atom. The Morgan fingerprint density at radius 2 is 2.09 bits per heavy atom. The summed E-state index contributed by atoms with van der Waals surface area (Å²) < 4.78 is 6.05. The number of amides is 1. The molecule has 1 amide bonds. The predicted octanol–water partition coefficient (Wildman–Crippen LogP) is 3.04. The second-order valence-electron chi connectivity index (χ2n) is 4.37. The molecule has 2 N–H and O–H groups in total. The molecule has 0 atom stereocenters. The molecule has 0 aliphatic rings. The smallest absolute Gasteiger partial charge is 0.289 e. The van der Waals surface area contributed by atoms with E-state index >= 15 is 0 Å². The molecular formula is C15H11IN4O2. The topological polar surface area (TPSA) is 83.3 Å². The molecule has 0 saturated heterocycles. The summed E-state index contributed by atoms with van der Waals surface area (Å²) >= 11 is 2.05. The third kappa shape index (κ3) is 3.42. The van der Waals surface area contributed by atoms with Gasteiger partial charge in [0.25, 0.3) is 5.91 Å². The van der Waals surface area contributed by atoms with E-state index in [0.29, 0.717) is 17.1 Å². The van der Waals surface area contributed by atoms with E-state index in [4.69, 9.17) is 4.42 Å². The van der Waals surface area contributed by atoms with Crippen LogP contribution in [0, 0.1) is 3.77 Å². The van der Waals surface area contributed by atoms with Gasteiger partial charge < -0.3 is 4.42 Å². The molecule has 0 aliphatic heterocycles. The van der Waals surface area contributed by atoms with Crippen LogP contribution in [0.5, 0.6) is 0 Å². The molecule has 110 valence electrons. The molecular weight excluding hydrogens is 395 g/mol. The second kappa shape index (κ2) is 6.56. The molecule has 0 fully saturated rings. The van der Waals surface area contributed by atoms with E-state index in [1.807, 2.05) is 36.4 Å². The van der Waals surface area contributed by atoms with Gasteiger partial charge in [0.2, 0.25) is 0 Å². The molecule has 7 heteroatoms. The minimum atomic E-state index is -0.368. The number of carbonyl (C=O) groups is 1. The fraction of sp³-hybridized carbons (Fsp3) is 0. The Balaban J connectivity index is 1.66. The summed E-state index contributed by atoms with van der Waals surface area (Å²) in [5.41, 5.74) is 4.40. The first kappa shape index (κ1) is 14.5. The Hall–Kier alpha value is -2.42. The highest BCUT2D eigenvalue weighted by Crippen LogP contribution is 2.16. The van der Waals surface area contributed by atoms with Crippen molar-refractivity contribution < 1.29 is 9.21 Å². The molecule has 0 bridgehead atoms. The van der Waals surface area contributed by atoms with Gasteiger partial charge in [-0.05, 0) is 40.8 Å². The first-order chi connectivity index (χ1) is 10.7. The molecule has 2 heterocycles. The average Bonchev–Trinajstić information content (AvgIpc) is 3.17. The number of hydrogen-bond acceptors (Lipinski definition) is 4. The lowest BCUT2D eigenvalue weighted by atomic mass is 10.1. The van der Waals surface area contributed by atoms with Crippen molar-refractivity contribution >= 4 is 34.7 Å². The molecule has 22 heavy (non-hydrogen) atoms. The van der Waals surface area contributed by atoms with Crippen molar-refractivity contribution in [2.75, 3.05) is 0 Å². The van der Waals surface area contributed by atoms with Crippen LogP contribution in [0.15, 0.2) is 58.0 Å². The van der Waals surface area contributed by atoms with Gasteiger partial charge in [0.15, 0.2) is 3.77 Å². The van der Waals surface area contributed by atoms with Gasteiger partial charge in [0, 0.05) is 5.56 Å². The largest absolute Gasteiger partial charge is 0.449 e. The Labute approximate surface area is 139 Å². The molecule has 1 aromatic carbocycles. The van der Waals surface area contributed by atoms with Gasteiger partial charge in [-0.25, -0.2) is 5.43 Å². The van der Waals surface area contributed by atoms with Crippen molar-refractivity contribution in [2.24, 2.45) is 5.10 Å². The van der Waals surface area contributed by atoms with Crippen LogP contribution in [-0.4, -0.2) is 22.3 Å². The Kier molecular flexibility index (Phi) is 4.33. The summed E-state index contributed by atoms with van der Waals surface area (Å²) in [5, 5.41) is 10.7. The summed E-state index contributed by atoms with van der Waals surface area (Å²) in [5.74, 6) is 0.200. The zero-order valence-corrected chi connectivity index (χ0v) is 13.4. The minimum absolute atomic E-state index is 0.338. The van der Waals surface area contributed by atoms with Crippen molar-refractivity contribution in [3.05, 3.63) is 63.8 Å². The van der Waals surface area contributed by atoms with Crippen LogP contribution >= 0.6 is 22.6 Å². The maximum atomic E-state index is 12.0. The van der Waals surface area contributed by atoms with Crippen LogP contribution in [0.1, 0.15) is 16.2 Å². The second-order valence-corrected chi connectivity index (χ2v) is 5.44. The summed E-state index contributed by atoms with van der Waals surface area (Å²) in [6.45, 7) is 0. The fourth-order valence-electron chi connectivity index (χ4n) is 1.81. The zero-order chi connectivity index (χ0) is 15.4. The third-order valence-electron chi connectivity index (χ3n) is 2.84. The molecule has 3 aromatic rings. The third-order valence-corrected chi connectivity index (χ3v) is 3.42. The van der Waals surface area contributed by atoms with Crippen molar-refractivity contribution in [3.63, 3.8) is 0 Å². The van der Waals surface area contributed by atoms with E-state index in [0.717, 1.165) is 9.33 Å². The molecule has 6 nitrogen and oxygen atoms in total. The highest BCUT2D eigenvalue weighted by molar-refractivity contribution is 14.1. The Bertz CT molecular complexity index is 808. The molecule has 2 aromatic heterocycles. The van der Waals surface area contributed by atoms with Crippen LogP contribution < -0.4 is 5.43 Å². The number of H-pyrrole nitrogens is 1. The average molecular weight is 406 g/mol. The number of aromatic nitrogens is 2. The molecule has 0 spiro atoms. The number of nitrogens with zero attached hydrogens (tertiary/aromatic N) is 2. The van der Waals surface area contributed by atoms with Gasteiger partial charge >= 0.3 is 0 Å². The van der Waals surface area contributed by atoms with Gasteiger partial charge in [-0.2, -0.15) is 10.2 Å². The van der Waals surface area contributed by atoms with Crippen LogP contribution in [0.3, 0.4) is 0 Å². The number of hydrogen-bond donors (Lipinski definition) is 2. The lowest BCUT2D eigenvalue weighted by molar-refractivity contribution is 0.0950. The number of nitrogens with one attached hydrogen (secondary N) is 2. The molecule has 0 aliphatic carbocycles. The van der Waals surface area contributed by atoms with Crippen molar-refractivity contribution in [1.82, 2.24) is 15.6 Å². The number of carbonyl (C=O) groups excluding carboxylic acids is 1. The number of halogens is 1.